The number of hydrogen-bond donors (Lipinski definition) is 1. The second-order valence-corrected chi connectivity index (χ2v) is 20.6. The maximum Gasteiger partial charge on any atom is 0.338 e. The summed E-state index contributed by atoms with van der Waals surface area (Å²) in [5.41, 5.74) is 1.40. The van der Waals surface area contributed by atoms with Crippen LogP contribution in [0.15, 0.2) is 23.5 Å². The van der Waals surface area contributed by atoms with Gasteiger partial charge in [0.1, 0.15) is 24.8 Å². The second-order valence-electron chi connectivity index (χ2n) is 15.1. The monoisotopic (exact) mass is 698 g/mol. The third kappa shape index (κ3) is 10.7. The van der Waals surface area contributed by atoms with Crippen molar-refractivity contribution in [3.63, 3.8) is 0 Å². The Labute approximate surface area is 291 Å². The quantitative estimate of drug-likeness (QED) is 0.0889. The lowest BCUT2D eigenvalue weighted by Gasteiger charge is -2.43. The molecule has 7 atom stereocenters. The van der Waals surface area contributed by atoms with Gasteiger partial charge in [-0.25, -0.2) is 4.79 Å². The molecule has 2 aliphatic rings. The van der Waals surface area contributed by atoms with Crippen LogP contribution in [-0.2, 0) is 42.4 Å². The van der Waals surface area contributed by atoms with Crippen LogP contribution >= 0.6 is 0 Å². The van der Waals surface area contributed by atoms with Gasteiger partial charge in [0.15, 0.2) is 20.2 Å². The molecule has 11 heteroatoms. The van der Waals surface area contributed by atoms with E-state index in [9.17, 15) is 14.7 Å². The average Bonchev–Trinajstić information content (AvgIpc) is 3.01. The van der Waals surface area contributed by atoms with E-state index in [2.05, 4.69) is 54.5 Å². The minimum atomic E-state index is -2.08. The number of methoxy groups -OCH3 is 3. The number of esters is 1. The standard InChI is InChI=1S/C37H66O10Si/c1-14-27(21-45-48(23(2)3,24(4)5)25(6)7)15-26(8)31-18-29(42-12)20-33(39)37(9,10)34-17-28(38)16-30(46-34)19-32(43-13)35(36(40)47-31)44-22-41-11/h15,17,23-25,27,29-33,35,39H,14,16,18-22H2,1-13H3/b26-15-/t27-,29+,30+,31-,32+,33-,35-/m0/s1. The summed E-state index contributed by atoms with van der Waals surface area (Å²) in [4.78, 5) is 26.8. The summed E-state index contributed by atoms with van der Waals surface area (Å²) in [7, 11) is 2.47. The Morgan fingerprint density at radius 2 is 1.62 bits per heavy atom. The molecule has 2 aliphatic heterocycles. The Morgan fingerprint density at radius 3 is 2.15 bits per heavy atom. The van der Waals surface area contributed by atoms with Crippen LogP contribution in [0.4, 0.5) is 0 Å². The highest BCUT2D eigenvalue weighted by atomic mass is 28.4. The molecule has 48 heavy (non-hydrogen) atoms. The van der Waals surface area contributed by atoms with E-state index >= 15 is 0 Å². The first-order valence-electron chi connectivity index (χ1n) is 17.8. The first-order chi connectivity index (χ1) is 22.5. The van der Waals surface area contributed by atoms with Crippen molar-refractivity contribution in [3.8, 4) is 0 Å². The Morgan fingerprint density at radius 1 is 1.00 bits per heavy atom. The van der Waals surface area contributed by atoms with Gasteiger partial charge in [0.2, 0.25) is 0 Å². The van der Waals surface area contributed by atoms with Gasteiger partial charge in [0.05, 0.1) is 18.3 Å². The highest BCUT2D eigenvalue weighted by Gasteiger charge is 2.46. The third-order valence-corrected chi connectivity index (χ3v) is 16.6. The summed E-state index contributed by atoms with van der Waals surface area (Å²) in [5.74, 6) is -0.220. The fourth-order valence-corrected chi connectivity index (χ4v) is 13.0. The SMILES string of the molecule is CC[C@@H](/C=C(/C)[C@@H]1C[C@@H](OC)C[C@H](O)C(C)(C)C2=CC(=O)C[C@H](C[C@@H](OC)[C@H](OCOC)C(=O)O1)O2)CO[Si](C(C)C)(C(C)C)C(C)C. The third-order valence-electron chi connectivity index (χ3n) is 10.6. The zero-order valence-electron chi connectivity index (χ0n) is 32.0. The van der Waals surface area contributed by atoms with Crippen LogP contribution < -0.4 is 0 Å². The Bertz CT molecular complexity index is 1060. The molecule has 0 aromatic carbocycles. The number of allylic oxidation sites excluding steroid dienone is 1. The molecule has 278 valence electrons. The number of carbonyl (C=O) groups excluding carboxylic acids is 2. The fourth-order valence-electron chi connectivity index (χ4n) is 7.51. The van der Waals surface area contributed by atoms with Gasteiger partial charge in [-0.3, -0.25) is 4.79 Å². The van der Waals surface area contributed by atoms with Crippen molar-refractivity contribution in [1.29, 1.82) is 0 Å². The van der Waals surface area contributed by atoms with Crippen LogP contribution in [0, 0.1) is 11.3 Å². The van der Waals surface area contributed by atoms with E-state index in [0.29, 0.717) is 35.4 Å². The molecule has 0 spiro atoms. The number of aliphatic hydroxyl groups excluding tert-OH is 1. The van der Waals surface area contributed by atoms with E-state index in [4.69, 9.17) is 32.8 Å². The zero-order valence-corrected chi connectivity index (χ0v) is 33.0. The van der Waals surface area contributed by atoms with E-state index in [-0.39, 0.29) is 37.8 Å². The highest BCUT2D eigenvalue weighted by molar-refractivity contribution is 6.77. The van der Waals surface area contributed by atoms with E-state index in [1.54, 1.807) is 7.11 Å². The average molecular weight is 699 g/mol. The molecule has 0 amide bonds. The van der Waals surface area contributed by atoms with Gasteiger partial charge in [-0.05, 0) is 41.5 Å². The number of rotatable bonds is 14. The maximum atomic E-state index is 14.0. The number of hydrogen-bond acceptors (Lipinski definition) is 10. The Balaban J connectivity index is 2.55. The summed E-state index contributed by atoms with van der Waals surface area (Å²) in [5, 5.41) is 11.5. The number of fused-ring (bicyclic) bond motifs is 2. The largest absolute Gasteiger partial charge is 0.493 e. The predicted octanol–water partition coefficient (Wildman–Crippen LogP) is 6.89. The highest BCUT2D eigenvalue weighted by Crippen LogP contribution is 2.43. The van der Waals surface area contributed by atoms with Crippen molar-refractivity contribution in [2.45, 2.75) is 155 Å². The Hall–Kier alpha value is -1.60. The first kappa shape index (κ1) is 42.6. The summed E-state index contributed by atoms with van der Waals surface area (Å²) in [6, 6.07) is 0. The maximum absolute atomic E-state index is 14.0. The van der Waals surface area contributed by atoms with Crippen LogP contribution in [0.25, 0.3) is 0 Å². The Kier molecular flexibility index (Phi) is 17.0. The predicted molar refractivity (Wildman–Crippen MR) is 189 cm³/mol. The first-order valence-corrected chi connectivity index (χ1v) is 19.9. The molecule has 2 rings (SSSR count). The molecule has 1 fully saturated rings. The molecule has 0 radical (unpaired) electrons. The fraction of sp³-hybridized carbons (Fsp3) is 0.838. The molecule has 2 heterocycles. The van der Waals surface area contributed by atoms with Crippen molar-refractivity contribution < 1.29 is 47.5 Å². The second kappa shape index (κ2) is 19.1. The minimum Gasteiger partial charge on any atom is -0.493 e. The zero-order chi connectivity index (χ0) is 36.4. The van der Waals surface area contributed by atoms with E-state index in [1.807, 2.05) is 20.8 Å². The topological polar surface area (TPSA) is 119 Å². The number of ether oxygens (including phenoxy) is 6. The van der Waals surface area contributed by atoms with Gasteiger partial charge in [0.25, 0.3) is 0 Å². The summed E-state index contributed by atoms with van der Waals surface area (Å²) in [6.07, 6.45) is 0.779. The molecule has 10 nitrogen and oxygen atoms in total. The number of aliphatic hydroxyl groups is 1. The molecule has 0 aromatic rings. The summed E-state index contributed by atoms with van der Waals surface area (Å²) < 4.78 is 42.2. The van der Waals surface area contributed by atoms with Gasteiger partial charge in [-0.1, -0.05) is 68.4 Å². The van der Waals surface area contributed by atoms with E-state index in [0.717, 1.165) is 12.0 Å². The van der Waals surface area contributed by atoms with E-state index < -0.39 is 56.3 Å². The van der Waals surface area contributed by atoms with E-state index in [1.165, 1.54) is 20.3 Å². The van der Waals surface area contributed by atoms with Crippen molar-refractivity contribution in [3.05, 3.63) is 23.5 Å². The smallest absolute Gasteiger partial charge is 0.338 e. The van der Waals surface area contributed by atoms with Gasteiger partial charge in [-0.15, -0.1) is 0 Å². The summed E-state index contributed by atoms with van der Waals surface area (Å²) in [6.45, 7) is 22.0. The number of ketones is 1. The van der Waals surface area contributed by atoms with Crippen LogP contribution in [0.5, 0.6) is 0 Å². The molecular formula is C37H66O10Si. The van der Waals surface area contributed by atoms with Crippen LogP contribution in [0.3, 0.4) is 0 Å². The molecule has 1 N–H and O–H groups in total. The van der Waals surface area contributed by atoms with Crippen LogP contribution in [0.2, 0.25) is 16.6 Å². The molecule has 0 aromatic heterocycles. The molecule has 0 unspecified atom stereocenters. The van der Waals surface area contributed by atoms with Crippen molar-refractivity contribution in [2.75, 3.05) is 34.7 Å². The lowest BCUT2D eigenvalue weighted by molar-refractivity contribution is -0.186. The van der Waals surface area contributed by atoms with Gasteiger partial charge in [0, 0.05) is 65.1 Å². The number of cyclic esters (lactones) is 1. The van der Waals surface area contributed by atoms with Crippen molar-refractivity contribution in [2.24, 2.45) is 11.3 Å². The van der Waals surface area contributed by atoms with Crippen LogP contribution in [-0.4, -0.2) is 96.5 Å². The van der Waals surface area contributed by atoms with Gasteiger partial charge >= 0.3 is 5.97 Å². The van der Waals surface area contributed by atoms with Crippen molar-refractivity contribution >= 4 is 20.1 Å². The molecule has 2 bridgehead atoms. The normalized spacial score (nSPS) is 28.6. The van der Waals surface area contributed by atoms with Gasteiger partial charge in [-0.2, -0.15) is 0 Å². The lowest BCUT2D eigenvalue weighted by Crippen LogP contribution is -2.48. The molecule has 0 aliphatic carbocycles. The summed E-state index contributed by atoms with van der Waals surface area (Å²) >= 11 is 0. The molecule has 1 saturated heterocycles. The number of carbonyl (C=O) groups is 2. The molecular weight excluding hydrogens is 632 g/mol. The van der Waals surface area contributed by atoms with Crippen LogP contribution in [0.1, 0.15) is 101 Å². The molecule has 0 saturated carbocycles. The van der Waals surface area contributed by atoms with Gasteiger partial charge < -0.3 is 38.0 Å². The van der Waals surface area contributed by atoms with Crippen molar-refractivity contribution in [1.82, 2.24) is 0 Å². The minimum absolute atomic E-state index is 0.110. The lowest BCUT2D eigenvalue weighted by atomic mass is 9.79.